The van der Waals surface area contributed by atoms with Crippen LogP contribution in [0, 0.1) is 5.92 Å². The van der Waals surface area contributed by atoms with Crippen LogP contribution in [0.1, 0.15) is 12.5 Å². The zero-order chi connectivity index (χ0) is 11.6. The lowest BCUT2D eigenvalue weighted by Crippen LogP contribution is -2.29. The molecule has 1 saturated heterocycles. The van der Waals surface area contributed by atoms with Gasteiger partial charge >= 0.3 is 0 Å². The number of ether oxygens (including phenoxy) is 1. The first-order valence-corrected chi connectivity index (χ1v) is 5.64. The maximum absolute atomic E-state index is 14.0. The first kappa shape index (κ1) is 11.4. The van der Waals surface area contributed by atoms with Crippen LogP contribution >= 0.6 is 0 Å². The fraction of sp³-hybridized carbons (Fsp3) is 0.538. The Hall–Kier alpha value is -1.09. The van der Waals surface area contributed by atoms with Crippen LogP contribution in [0.3, 0.4) is 0 Å². The van der Waals surface area contributed by atoms with E-state index in [2.05, 4.69) is 5.32 Å². The molecule has 1 N–H and O–H groups in total. The Balaban J connectivity index is 2.03. The average Bonchev–Trinajstić information content (AvgIpc) is 2.59. The van der Waals surface area contributed by atoms with Crippen LogP contribution in [0.25, 0.3) is 0 Å². The third-order valence-electron chi connectivity index (χ3n) is 3.35. The standard InChI is InChI=1S/C13H18FNO/c1-13(14)9-15-8-11(13)7-10-3-5-12(16-2)6-4-10/h3-6,11,15H,7-9H2,1-2H3. The molecule has 0 spiro atoms. The van der Waals surface area contributed by atoms with Crippen LogP contribution < -0.4 is 10.1 Å². The van der Waals surface area contributed by atoms with Crippen molar-refractivity contribution in [2.24, 2.45) is 5.92 Å². The fourth-order valence-electron chi connectivity index (χ4n) is 2.18. The minimum absolute atomic E-state index is 0.0703. The highest BCUT2D eigenvalue weighted by molar-refractivity contribution is 5.27. The van der Waals surface area contributed by atoms with Crippen molar-refractivity contribution in [3.63, 3.8) is 0 Å². The summed E-state index contributed by atoms with van der Waals surface area (Å²) in [6.07, 6.45) is 0.782. The van der Waals surface area contributed by atoms with E-state index in [1.807, 2.05) is 24.3 Å². The predicted molar refractivity (Wildman–Crippen MR) is 62.6 cm³/mol. The SMILES string of the molecule is COc1ccc(CC2CNCC2(C)F)cc1. The lowest BCUT2D eigenvalue weighted by molar-refractivity contribution is 0.152. The molecule has 16 heavy (non-hydrogen) atoms. The van der Waals surface area contributed by atoms with E-state index in [0.717, 1.165) is 18.7 Å². The van der Waals surface area contributed by atoms with Gasteiger partial charge in [-0.05, 0) is 31.0 Å². The highest BCUT2D eigenvalue weighted by Gasteiger charge is 2.38. The van der Waals surface area contributed by atoms with E-state index in [-0.39, 0.29) is 5.92 Å². The van der Waals surface area contributed by atoms with Crippen molar-refractivity contribution in [2.45, 2.75) is 19.0 Å². The highest BCUT2D eigenvalue weighted by Crippen LogP contribution is 2.29. The monoisotopic (exact) mass is 223 g/mol. The molecule has 1 fully saturated rings. The van der Waals surface area contributed by atoms with Gasteiger partial charge in [-0.2, -0.15) is 0 Å². The molecule has 2 nitrogen and oxygen atoms in total. The van der Waals surface area contributed by atoms with E-state index in [9.17, 15) is 4.39 Å². The van der Waals surface area contributed by atoms with Crippen molar-refractivity contribution in [3.8, 4) is 5.75 Å². The third-order valence-corrected chi connectivity index (χ3v) is 3.35. The summed E-state index contributed by atoms with van der Waals surface area (Å²) in [6, 6.07) is 7.86. The lowest BCUT2D eigenvalue weighted by atomic mass is 9.89. The number of benzene rings is 1. The Morgan fingerprint density at radius 3 is 2.62 bits per heavy atom. The third kappa shape index (κ3) is 2.35. The van der Waals surface area contributed by atoms with Gasteiger partial charge in [-0.3, -0.25) is 0 Å². The fourth-order valence-corrected chi connectivity index (χ4v) is 2.18. The zero-order valence-electron chi connectivity index (χ0n) is 9.79. The summed E-state index contributed by atoms with van der Waals surface area (Å²) in [5, 5.41) is 3.11. The Kier molecular flexibility index (Phi) is 3.15. The molecule has 1 aliphatic heterocycles. The largest absolute Gasteiger partial charge is 0.497 e. The molecule has 0 saturated carbocycles. The molecule has 1 aliphatic rings. The van der Waals surface area contributed by atoms with Gasteiger partial charge in [-0.15, -0.1) is 0 Å². The lowest BCUT2D eigenvalue weighted by Gasteiger charge is -2.21. The summed E-state index contributed by atoms with van der Waals surface area (Å²) >= 11 is 0. The molecule has 2 unspecified atom stereocenters. The number of hydrogen-bond donors (Lipinski definition) is 1. The van der Waals surface area contributed by atoms with Crippen molar-refractivity contribution >= 4 is 0 Å². The molecule has 1 aromatic carbocycles. The molecule has 0 bridgehead atoms. The first-order valence-electron chi connectivity index (χ1n) is 5.64. The summed E-state index contributed by atoms with van der Waals surface area (Å²) < 4.78 is 19.1. The molecule has 0 aromatic heterocycles. The summed E-state index contributed by atoms with van der Waals surface area (Å²) in [5.41, 5.74) is 0.0818. The molecule has 2 rings (SSSR count). The van der Waals surface area contributed by atoms with Gasteiger partial charge in [-0.1, -0.05) is 12.1 Å². The number of halogens is 1. The summed E-state index contributed by atoms with van der Waals surface area (Å²) in [4.78, 5) is 0. The molecule has 88 valence electrons. The van der Waals surface area contributed by atoms with Crippen LogP contribution in [-0.4, -0.2) is 25.9 Å². The average molecular weight is 223 g/mol. The molecular formula is C13H18FNO. The van der Waals surface area contributed by atoms with Crippen LogP contribution in [0.2, 0.25) is 0 Å². The predicted octanol–water partition coefficient (Wildman–Crippen LogP) is 2.19. The normalized spacial score (nSPS) is 29.3. The minimum atomic E-state index is -1.08. The van der Waals surface area contributed by atoms with Gasteiger partial charge in [0, 0.05) is 19.0 Å². The molecule has 0 amide bonds. The van der Waals surface area contributed by atoms with E-state index in [1.165, 1.54) is 5.56 Å². The Labute approximate surface area is 95.8 Å². The second-order valence-electron chi connectivity index (χ2n) is 4.66. The van der Waals surface area contributed by atoms with Gasteiger partial charge < -0.3 is 10.1 Å². The van der Waals surface area contributed by atoms with Gasteiger partial charge in [0.1, 0.15) is 11.4 Å². The quantitative estimate of drug-likeness (QED) is 0.848. The van der Waals surface area contributed by atoms with Crippen molar-refractivity contribution < 1.29 is 9.13 Å². The molecule has 3 heteroatoms. The van der Waals surface area contributed by atoms with Crippen LogP contribution in [-0.2, 0) is 6.42 Å². The van der Waals surface area contributed by atoms with Gasteiger partial charge in [-0.25, -0.2) is 4.39 Å². The van der Waals surface area contributed by atoms with Crippen molar-refractivity contribution in [1.82, 2.24) is 5.32 Å². The van der Waals surface area contributed by atoms with Crippen molar-refractivity contribution in [2.75, 3.05) is 20.2 Å². The molecule has 1 aromatic rings. The molecule has 0 radical (unpaired) electrons. The minimum Gasteiger partial charge on any atom is -0.497 e. The summed E-state index contributed by atoms with van der Waals surface area (Å²) in [6.45, 7) is 2.91. The molecular weight excluding hydrogens is 205 g/mol. The Morgan fingerprint density at radius 1 is 1.44 bits per heavy atom. The topological polar surface area (TPSA) is 21.3 Å². The van der Waals surface area contributed by atoms with Gasteiger partial charge in [0.25, 0.3) is 0 Å². The summed E-state index contributed by atoms with van der Waals surface area (Å²) in [7, 11) is 1.65. The maximum Gasteiger partial charge on any atom is 0.124 e. The van der Waals surface area contributed by atoms with Gasteiger partial charge in [0.05, 0.1) is 7.11 Å². The Morgan fingerprint density at radius 2 is 2.12 bits per heavy atom. The maximum atomic E-state index is 14.0. The first-order chi connectivity index (χ1) is 7.62. The van der Waals surface area contributed by atoms with E-state index in [0.29, 0.717) is 6.54 Å². The number of hydrogen-bond acceptors (Lipinski definition) is 2. The van der Waals surface area contributed by atoms with Gasteiger partial charge in [0.2, 0.25) is 0 Å². The van der Waals surface area contributed by atoms with E-state index in [1.54, 1.807) is 14.0 Å². The Bertz CT molecular complexity index is 347. The summed E-state index contributed by atoms with van der Waals surface area (Å²) in [5.74, 6) is 0.914. The van der Waals surface area contributed by atoms with Crippen LogP contribution in [0.4, 0.5) is 4.39 Å². The van der Waals surface area contributed by atoms with Crippen molar-refractivity contribution in [3.05, 3.63) is 29.8 Å². The number of nitrogens with one attached hydrogen (secondary N) is 1. The highest BCUT2D eigenvalue weighted by atomic mass is 19.1. The second kappa shape index (κ2) is 4.42. The molecule has 2 atom stereocenters. The second-order valence-corrected chi connectivity index (χ2v) is 4.66. The number of rotatable bonds is 3. The van der Waals surface area contributed by atoms with E-state index >= 15 is 0 Å². The number of methoxy groups -OCH3 is 1. The zero-order valence-corrected chi connectivity index (χ0v) is 9.79. The molecule has 1 heterocycles. The van der Waals surface area contributed by atoms with Gasteiger partial charge in [0.15, 0.2) is 0 Å². The van der Waals surface area contributed by atoms with Crippen molar-refractivity contribution in [1.29, 1.82) is 0 Å². The van der Waals surface area contributed by atoms with Crippen LogP contribution in [0.5, 0.6) is 5.75 Å². The molecule has 0 aliphatic carbocycles. The number of alkyl halides is 1. The van der Waals surface area contributed by atoms with E-state index < -0.39 is 5.67 Å². The van der Waals surface area contributed by atoms with Crippen LogP contribution in [0.15, 0.2) is 24.3 Å². The van der Waals surface area contributed by atoms with E-state index in [4.69, 9.17) is 4.74 Å². The smallest absolute Gasteiger partial charge is 0.124 e.